The molecule has 0 spiro atoms. The van der Waals surface area contributed by atoms with Crippen molar-refractivity contribution in [2.24, 2.45) is 0 Å². The molecule has 0 amide bonds. The van der Waals surface area contributed by atoms with Crippen LogP contribution >= 0.6 is 11.8 Å². The quantitative estimate of drug-likeness (QED) is 0.660. The predicted octanol–water partition coefficient (Wildman–Crippen LogP) is 1.22. The predicted molar refractivity (Wildman–Crippen MR) is 93.9 cm³/mol. The Kier molecular flexibility index (Phi) is 4.95. The second kappa shape index (κ2) is 6.98. The Labute approximate surface area is 146 Å². The highest BCUT2D eigenvalue weighted by Crippen LogP contribution is 2.45. The molecule has 0 radical (unpaired) electrons. The molecule has 126 valence electrons. The van der Waals surface area contributed by atoms with E-state index in [1.165, 1.54) is 16.7 Å². The van der Waals surface area contributed by atoms with Crippen LogP contribution < -0.4 is 9.80 Å². The summed E-state index contributed by atoms with van der Waals surface area (Å²) in [5.74, 6) is -0.0871. The van der Waals surface area contributed by atoms with Crippen molar-refractivity contribution in [1.82, 2.24) is 0 Å². The minimum absolute atomic E-state index is 0.0871. The van der Waals surface area contributed by atoms with Gasteiger partial charge < -0.3 is 14.5 Å². The lowest BCUT2D eigenvalue weighted by molar-refractivity contribution is -0.907. The second-order valence-corrected chi connectivity index (χ2v) is 7.47. The van der Waals surface area contributed by atoms with E-state index in [9.17, 15) is 10.1 Å². The van der Waals surface area contributed by atoms with Gasteiger partial charge in [-0.15, -0.1) is 0 Å². The number of quaternary nitrogens is 1. The topological polar surface area (TPSA) is 57.8 Å². The molecule has 0 unspecified atom stereocenters. The smallest absolute Gasteiger partial charge is 0.230 e. The molecule has 3 rings (SSSR count). The Hall–Kier alpha value is -1.81. The van der Waals surface area contributed by atoms with E-state index in [1.807, 2.05) is 50.1 Å². The number of nitrogens with zero attached hydrogens (tertiary/aromatic N) is 2. The van der Waals surface area contributed by atoms with E-state index in [4.69, 9.17) is 4.74 Å². The molecule has 1 saturated heterocycles. The van der Waals surface area contributed by atoms with E-state index in [-0.39, 0.29) is 23.6 Å². The number of thioether (sulfide) groups is 1. The summed E-state index contributed by atoms with van der Waals surface area (Å²) in [5, 5.41) is 10.3. The van der Waals surface area contributed by atoms with Crippen molar-refractivity contribution < 1.29 is 14.4 Å². The summed E-state index contributed by atoms with van der Waals surface area (Å²) >= 11 is 1.50. The zero-order chi connectivity index (χ0) is 17.3. The van der Waals surface area contributed by atoms with E-state index >= 15 is 0 Å². The van der Waals surface area contributed by atoms with Crippen LogP contribution in [0, 0.1) is 11.3 Å². The van der Waals surface area contributed by atoms with Crippen molar-refractivity contribution in [3.8, 4) is 6.07 Å². The van der Waals surface area contributed by atoms with E-state index in [0.717, 1.165) is 28.7 Å². The SMILES string of the molecule is C[C@H]1C[NH+](CC(=O)/C(C#N)=C2\Sc3ccccc3N2C)C[C@H](C)O1. The Bertz CT molecular complexity index is 715. The first-order valence-electron chi connectivity index (χ1n) is 8.16. The number of rotatable bonds is 3. The molecule has 0 bridgehead atoms. The Morgan fingerprint density at radius 2 is 2.04 bits per heavy atom. The lowest BCUT2D eigenvalue weighted by Gasteiger charge is -2.32. The average Bonchev–Trinajstić information content (AvgIpc) is 2.84. The monoisotopic (exact) mass is 344 g/mol. The van der Waals surface area contributed by atoms with Crippen LogP contribution in [-0.4, -0.2) is 44.7 Å². The van der Waals surface area contributed by atoms with Crippen molar-refractivity contribution in [3.63, 3.8) is 0 Å². The van der Waals surface area contributed by atoms with Gasteiger partial charge >= 0.3 is 0 Å². The molecule has 2 aliphatic heterocycles. The highest BCUT2D eigenvalue weighted by Gasteiger charge is 2.32. The lowest BCUT2D eigenvalue weighted by atomic mass is 10.1. The molecular weight excluding hydrogens is 322 g/mol. The number of carbonyl (C=O) groups is 1. The first kappa shape index (κ1) is 17.0. The van der Waals surface area contributed by atoms with Crippen molar-refractivity contribution in [2.45, 2.75) is 31.0 Å². The maximum absolute atomic E-state index is 12.8. The number of benzene rings is 1. The van der Waals surface area contributed by atoms with Crippen LogP contribution in [0.2, 0.25) is 0 Å². The van der Waals surface area contributed by atoms with Gasteiger partial charge in [-0.3, -0.25) is 4.79 Å². The number of carbonyl (C=O) groups excluding carboxylic acids is 1. The van der Waals surface area contributed by atoms with Crippen LogP contribution in [0.5, 0.6) is 0 Å². The molecule has 1 aromatic rings. The fraction of sp³-hybridized carbons (Fsp3) is 0.444. The van der Waals surface area contributed by atoms with Gasteiger partial charge in [0.05, 0.1) is 5.69 Å². The lowest BCUT2D eigenvalue weighted by Crippen LogP contribution is -3.16. The van der Waals surface area contributed by atoms with Crippen molar-refractivity contribution >= 4 is 23.2 Å². The number of Topliss-reactive ketones (excluding diaryl/α,β-unsaturated/α-hetero) is 1. The van der Waals surface area contributed by atoms with Gasteiger partial charge in [0, 0.05) is 11.9 Å². The van der Waals surface area contributed by atoms with Crippen molar-refractivity contribution in [2.75, 3.05) is 31.6 Å². The number of hydrogen-bond donors (Lipinski definition) is 1. The molecule has 24 heavy (non-hydrogen) atoms. The van der Waals surface area contributed by atoms with Gasteiger partial charge in [-0.2, -0.15) is 5.26 Å². The molecule has 6 heteroatoms. The van der Waals surface area contributed by atoms with E-state index in [1.54, 1.807) is 0 Å². The highest BCUT2D eigenvalue weighted by atomic mass is 32.2. The first-order valence-corrected chi connectivity index (χ1v) is 8.98. The Morgan fingerprint density at radius 3 is 2.67 bits per heavy atom. The maximum atomic E-state index is 12.8. The van der Waals surface area contributed by atoms with E-state index in [0.29, 0.717) is 6.54 Å². The van der Waals surface area contributed by atoms with Gasteiger partial charge in [0.25, 0.3) is 0 Å². The molecule has 0 saturated carbocycles. The zero-order valence-corrected chi connectivity index (χ0v) is 15.0. The molecule has 0 aromatic heterocycles. The first-order chi connectivity index (χ1) is 11.5. The number of nitriles is 1. The number of para-hydroxylation sites is 1. The summed E-state index contributed by atoms with van der Waals surface area (Å²) in [6.45, 7) is 6.00. The van der Waals surface area contributed by atoms with Crippen molar-refractivity contribution in [3.05, 3.63) is 34.9 Å². The molecule has 2 atom stereocenters. The normalized spacial score (nSPS) is 28.2. The third-order valence-electron chi connectivity index (χ3n) is 4.37. The summed E-state index contributed by atoms with van der Waals surface area (Å²) < 4.78 is 5.72. The van der Waals surface area contributed by atoms with Gasteiger partial charge in [-0.05, 0) is 26.0 Å². The van der Waals surface area contributed by atoms with Crippen LogP contribution in [0.1, 0.15) is 13.8 Å². The summed E-state index contributed by atoms with van der Waals surface area (Å²) in [6.07, 6.45) is 0.282. The third kappa shape index (κ3) is 3.34. The summed E-state index contributed by atoms with van der Waals surface area (Å²) in [4.78, 5) is 17.0. The molecule has 2 heterocycles. The summed E-state index contributed by atoms with van der Waals surface area (Å²) in [6, 6.07) is 10.1. The summed E-state index contributed by atoms with van der Waals surface area (Å²) in [5.41, 5.74) is 1.30. The van der Waals surface area contributed by atoms with Crippen LogP contribution in [0.25, 0.3) is 0 Å². The average molecular weight is 344 g/mol. The largest absolute Gasteiger partial charge is 0.364 e. The summed E-state index contributed by atoms with van der Waals surface area (Å²) in [7, 11) is 1.91. The Morgan fingerprint density at radius 1 is 1.38 bits per heavy atom. The fourth-order valence-electron chi connectivity index (χ4n) is 3.40. The molecule has 0 aliphatic carbocycles. The number of ketones is 1. The molecule has 1 aromatic carbocycles. The van der Waals surface area contributed by atoms with Gasteiger partial charge in [0.2, 0.25) is 5.78 Å². The number of anilines is 1. The third-order valence-corrected chi connectivity index (χ3v) is 5.61. The van der Waals surface area contributed by atoms with Crippen LogP contribution in [-0.2, 0) is 9.53 Å². The van der Waals surface area contributed by atoms with Crippen LogP contribution in [0.15, 0.2) is 39.8 Å². The number of hydrogen-bond acceptors (Lipinski definition) is 5. The molecule has 5 nitrogen and oxygen atoms in total. The van der Waals surface area contributed by atoms with E-state index < -0.39 is 0 Å². The van der Waals surface area contributed by atoms with Crippen molar-refractivity contribution in [1.29, 1.82) is 5.26 Å². The van der Waals surface area contributed by atoms with Gasteiger partial charge in [-0.1, -0.05) is 23.9 Å². The highest BCUT2D eigenvalue weighted by molar-refractivity contribution is 8.03. The fourth-order valence-corrected chi connectivity index (χ4v) is 4.56. The zero-order valence-electron chi connectivity index (χ0n) is 14.2. The Balaban J connectivity index is 1.80. The van der Waals surface area contributed by atoms with Crippen LogP contribution in [0.3, 0.4) is 0 Å². The molecular formula is C18H22N3O2S+. The molecule has 1 N–H and O–H groups in total. The minimum atomic E-state index is -0.0871. The minimum Gasteiger partial charge on any atom is -0.364 e. The number of ether oxygens (including phenoxy) is 1. The van der Waals surface area contributed by atoms with Gasteiger partial charge in [0.15, 0.2) is 0 Å². The standard InChI is InChI=1S/C18H21N3O2S/c1-12-9-21(10-13(2)23-12)11-16(22)14(8-19)18-20(3)15-6-4-5-7-17(15)24-18/h4-7,12-13H,9-11H2,1-3H3/p+1/b18-14-/t12-,13-/m0/s1. The number of morpholine rings is 1. The number of fused-ring (bicyclic) bond motifs is 1. The molecule has 1 fully saturated rings. The van der Waals surface area contributed by atoms with Gasteiger partial charge in [0.1, 0.15) is 48.5 Å². The van der Waals surface area contributed by atoms with Crippen LogP contribution in [0.4, 0.5) is 5.69 Å². The maximum Gasteiger partial charge on any atom is 0.230 e. The van der Waals surface area contributed by atoms with E-state index in [2.05, 4.69) is 6.07 Å². The second-order valence-electron chi connectivity index (χ2n) is 6.44. The molecule has 2 aliphatic rings. The number of nitrogens with one attached hydrogen (secondary N) is 1. The van der Waals surface area contributed by atoms with Gasteiger partial charge in [-0.25, -0.2) is 0 Å².